The van der Waals surface area contributed by atoms with Gasteiger partial charge in [0.25, 0.3) is 0 Å². The number of ketones is 1. The zero-order valence-electron chi connectivity index (χ0n) is 11.3. The summed E-state index contributed by atoms with van der Waals surface area (Å²) in [5.74, 6) is -4.98. The summed E-state index contributed by atoms with van der Waals surface area (Å²) in [6, 6.07) is 6.73. The average molecular weight is 326 g/mol. The van der Waals surface area contributed by atoms with Gasteiger partial charge in [0, 0.05) is 5.56 Å². The van der Waals surface area contributed by atoms with E-state index in [1.165, 1.54) is 12.1 Å². The maximum atomic E-state index is 14.0. The van der Waals surface area contributed by atoms with Crippen LogP contribution in [0.15, 0.2) is 30.3 Å². The highest BCUT2D eigenvalue weighted by atomic mass is 35.5. The van der Waals surface area contributed by atoms with Crippen LogP contribution in [0.2, 0.25) is 5.02 Å². The van der Waals surface area contributed by atoms with E-state index in [0.29, 0.717) is 6.07 Å². The van der Waals surface area contributed by atoms with Crippen LogP contribution in [-0.4, -0.2) is 16.9 Å². The molecule has 0 atom stereocenters. The van der Waals surface area contributed by atoms with Crippen LogP contribution < -0.4 is 5.32 Å². The van der Waals surface area contributed by atoms with Crippen molar-refractivity contribution in [3.8, 4) is 0 Å². The van der Waals surface area contributed by atoms with Crippen LogP contribution in [0.1, 0.15) is 27.6 Å². The zero-order chi connectivity index (χ0) is 16.4. The molecular weight excluding hydrogens is 316 g/mol. The van der Waals surface area contributed by atoms with Crippen LogP contribution in [0, 0.1) is 11.6 Å². The molecule has 2 rings (SSSR count). The Morgan fingerprint density at radius 2 is 1.86 bits per heavy atom. The molecule has 0 fully saturated rings. The van der Waals surface area contributed by atoms with Crippen molar-refractivity contribution in [2.75, 3.05) is 5.32 Å². The molecule has 2 N–H and O–H groups in total. The third-order valence-corrected chi connectivity index (χ3v) is 3.28. The van der Waals surface area contributed by atoms with Crippen molar-refractivity contribution in [3.05, 3.63) is 58.1 Å². The lowest BCUT2D eigenvalue weighted by Crippen LogP contribution is -2.13. The molecule has 114 valence electrons. The van der Waals surface area contributed by atoms with Crippen LogP contribution in [0.3, 0.4) is 0 Å². The minimum absolute atomic E-state index is 0.186. The van der Waals surface area contributed by atoms with E-state index in [1.807, 2.05) is 0 Å². The quantitative estimate of drug-likeness (QED) is 0.824. The number of nitrogens with one attached hydrogen (secondary N) is 1. The maximum absolute atomic E-state index is 14.0. The standard InChI is InChI=1S/C15H10ClF2NO3/c1-7(20)8-6-10(17)13(18)14(12(8)15(21)22)19-11-5-3-2-4-9(11)16/h2-6,19H,1H3,(H,21,22). The second-order valence-electron chi connectivity index (χ2n) is 4.44. The van der Waals surface area contributed by atoms with Gasteiger partial charge in [0.15, 0.2) is 17.4 Å². The van der Waals surface area contributed by atoms with Crippen LogP contribution in [0.25, 0.3) is 0 Å². The monoisotopic (exact) mass is 325 g/mol. The van der Waals surface area contributed by atoms with E-state index in [4.69, 9.17) is 11.6 Å². The van der Waals surface area contributed by atoms with Gasteiger partial charge in [-0.15, -0.1) is 0 Å². The lowest BCUT2D eigenvalue weighted by Gasteiger charge is -2.15. The summed E-state index contributed by atoms with van der Waals surface area (Å²) in [4.78, 5) is 22.9. The molecule has 0 amide bonds. The summed E-state index contributed by atoms with van der Waals surface area (Å²) in [6.07, 6.45) is 0. The van der Waals surface area contributed by atoms with Gasteiger partial charge in [-0.25, -0.2) is 13.6 Å². The summed E-state index contributed by atoms with van der Waals surface area (Å²) in [6.45, 7) is 1.07. The molecule has 0 saturated carbocycles. The molecule has 0 saturated heterocycles. The molecule has 0 aliphatic rings. The number of carboxylic acids is 1. The van der Waals surface area contributed by atoms with Crippen molar-refractivity contribution in [2.45, 2.75) is 6.92 Å². The second-order valence-corrected chi connectivity index (χ2v) is 4.84. The number of rotatable bonds is 4. The number of carbonyl (C=O) groups is 2. The zero-order valence-corrected chi connectivity index (χ0v) is 12.0. The highest BCUT2D eigenvalue weighted by Crippen LogP contribution is 2.32. The number of hydrogen-bond donors (Lipinski definition) is 2. The summed E-state index contributed by atoms with van der Waals surface area (Å²) < 4.78 is 27.7. The van der Waals surface area contributed by atoms with Crippen LogP contribution in [0.4, 0.5) is 20.2 Å². The van der Waals surface area contributed by atoms with Gasteiger partial charge < -0.3 is 10.4 Å². The van der Waals surface area contributed by atoms with Crippen molar-refractivity contribution >= 4 is 34.7 Å². The van der Waals surface area contributed by atoms with Crippen molar-refractivity contribution < 1.29 is 23.5 Å². The van der Waals surface area contributed by atoms with Crippen molar-refractivity contribution in [1.82, 2.24) is 0 Å². The van der Waals surface area contributed by atoms with Gasteiger partial charge >= 0.3 is 5.97 Å². The first-order valence-electron chi connectivity index (χ1n) is 6.10. The first kappa shape index (κ1) is 15.9. The molecule has 0 spiro atoms. The number of carbonyl (C=O) groups excluding carboxylic acids is 1. The highest BCUT2D eigenvalue weighted by molar-refractivity contribution is 6.33. The van der Waals surface area contributed by atoms with Gasteiger partial charge in [-0.2, -0.15) is 0 Å². The largest absolute Gasteiger partial charge is 0.478 e. The minimum atomic E-state index is -1.56. The molecule has 22 heavy (non-hydrogen) atoms. The average Bonchev–Trinajstić information content (AvgIpc) is 2.45. The Morgan fingerprint density at radius 1 is 1.23 bits per heavy atom. The number of halogens is 3. The lowest BCUT2D eigenvalue weighted by molar-refractivity contribution is 0.0693. The molecule has 0 heterocycles. The van der Waals surface area contributed by atoms with Crippen LogP contribution >= 0.6 is 11.6 Å². The molecule has 0 unspecified atom stereocenters. The number of benzene rings is 2. The van der Waals surface area contributed by atoms with E-state index in [1.54, 1.807) is 12.1 Å². The Labute approximate surface area is 129 Å². The molecule has 0 radical (unpaired) electrons. The van der Waals surface area contributed by atoms with E-state index >= 15 is 0 Å². The maximum Gasteiger partial charge on any atom is 0.338 e. The number of aromatic carboxylic acids is 1. The fourth-order valence-corrected chi connectivity index (χ4v) is 2.12. The first-order valence-corrected chi connectivity index (χ1v) is 6.48. The number of Topliss-reactive ketones (excluding diaryl/α,β-unsaturated/α-hetero) is 1. The number of anilines is 2. The molecule has 0 aliphatic heterocycles. The number of carboxylic acid groups (broad SMARTS) is 1. The summed E-state index contributed by atoms with van der Waals surface area (Å²) in [7, 11) is 0. The van der Waals surface area contributed by atoms with Crippen molar-refractivity contribution in [3.63, 3.8) is 0 Å². The van der Waals surface area contributed by atoms with E-state index in [2.05, 4.69) is 5.32 Å². The number of hydrogen-bond acceptors (Lipinski definition) is 3. The summed E-state index contributed by atoms with van der Waals surface area (Å²) >= 11 is 5.91. The summed E-state index contributed by atoms with van der Waals surface area (Å²) in [5.41, 5.74) is -1.54. The van der Waals surface area contributed by atoms with Crippen LogP contribution in [-0.2, 0) is 0 Å². The Hall–Kier alpha value is -2.47. The van der Waals surface area contributed by atoms with Gasteiger partial charge in [0.2, 0.25) is 0 Å². The van der Waals surface area contributed by atoms with Gasteiger partial charge in [0.05, 0.1) is 22.0 Å². The van der Waals surface area contributed by atoms with Crippen molar-refractivity contribution in [1.29, 1.82) is 0 Å². The Bertz CT molecular complexity index is 778. The Morgan fingerprint density at radius 3 is 2.41 bits per heavy atom. The normalized spacial score (nSPS) is 10.4. The SMILES string of the molecule is CC(=O)c1cc(F)c(F)c(Nc2ccccc2Cl)c1C(=O)O. The predicted molar refractivity (Wildman–Crippen MR) is 78.1 cm³/mol. The number of para-hydroxylation sites is 1. The molecule has 2 aromatic carbocycles. The van der Waals surface area contributed by atoms with Gasteiger partial charge in [-0.3, -0.25) is 4.79 Å². The van der Waals surface area contributed by atoms with Crippen molar-refractivity contribution in [2.24, 2.45) is 0 Å². The predicted octanol–water partition coefficient (Wildman–Crippen LogP) is 4.26. The fraction of sp³-hybridized carbons (Fsp3) is 0.0667. The highest BCUT2D eigenvalue weighted by Gasteiger charge is 2.25. The minimum Gasteiger partial charge on any atom is -0.478 e. The van der Waals surface area contributed by atoms with E-state index < -0.39 is 40.2 Å². The van der Waals surface area contributed by atoms with Gasteiger partial charge in [-0.1, -0.05) is 23.7 Å². The van der Waals surface area contributed by atoms with Crippen LogP contribution in [0.5, 0.6) is 0 Å². The second kappa shape index (κ2) is 6.11. The van der Waals surface area contributed by atoms with E-state index in [-0.39, 0.29) is 10.7 Å². The smallest absolute Gasteiger partial charge is 0.338 e. The Balaban J connectivity index is 2.71. The Kier molecular flexibility index (Phi) is 4.42. The molecule has 2 aromatic rings. The summed E-state index contributed by atoms with van der Waals surface area (Å²) in [5, 5.41) is 11.9. The third kappa shape index (κ3) is 2.92. The van der Waals surface area contributed by atoms with E-state index in [9.17, 15) is 23.5 Å². The first-order chi connectivity index (χ1) is 10.3. The molecule has 0 bridgehead atoms. The lowest BCUT2D eigenvalue weighted by atomic mass is 10.0. The van der Waals surface area contributed by atoms with Gasteiger partial charge in [-0.05, 0) is 25.1 Å². The molecule has 7 heteroatoms. The third-order valence-electron chi connectivity index (χ3n) is 2.95. The van der Waals surface area contributed by atoms with Gasteiger partial charge in [0.1, 0.15) is 0 Å². The topological polar surface area (TPSA) is 66.4 Å². The molecule has 4 nitrogen and oxygen atoms in total. The molecule has 0 aromatic heterocycles. The molecule has 0 aliphatic carbocycles. The fourth-order valence-electron chi connectivity index (χ4n) is 1.94. The molecular formula is C15H10ClF2NO3. The van der Waals surface area contributed by atoms with E-state index in [0.717, 1.165) is 6.92 Å².